The first-order valence-electron chi connectivity index (χ1n) is 17.9. The molecule has 4 unspecified atom stereocenters. The van der Waals surface area contributed by atoms with E-state index in [1.807, 2.05) is 44.2 Å². The average Bonchev–Trinajstić information content (AvgIpc) is 3.56. The van der Waals surface area contributed by atoms with Gasteiger partial charge in [-0.25, -0.2) is 5.84 Å². The summed E-state index contributed by atoms with van der Waals surface area (Å²) in [6, 6.07) is 10.4. The van der Waals surface area contributed by atoms with Gasteiger partial charge in [0.05, 0.1) is 18.6 Å². The van der Waals surface area contributed by atoms with E-state index < -0.39 is 47.9 Å². The van der Waals surface area contributed by atoms with Gasteiger partial charge in [0.1, 0.15) is 6.04 Å². The van der Waals surface area contributed by atoms with Crippen molar-refractivity contribution >= 4 is 34.4 Å². The summed E-state index contributed by atoms with van der Waals surface area (Å²) < 4.78 is 0. The standard InChI is InChI=1S/C30H44N8O5.C7H16/c1-18(2)25(15-32)38(34)22-14-24(30(43)36-23(9-5-6-12-31)27(40)28(33)41)37(17-22)26(39)16-35-29(42)21-11-10-19-7-3-4-8-20(19)13-21;1-3-5-7-6-4-2/h3-4,7-8,10-11,13,15,18,22-24,27,40H,5-6,9,12,14,16-17,31-32,34H2,1-2H3,(H2,33,41)(H,35,42)(H,36,43);3-7H2,1-2H3/b25-15-;. The Morgan fingerprint density at radius 2 is 1.66 bits per heavy atom. The lowest BCUT2D eigenvalue weighted by Crippen LogP contribution is -2.55. The fraction of sp³-hybridized carbons (Fsp3) is 0.568. The number of allylic oxidation sites excluding steroid dienone is 1. The highest BCUT2D eigenvalue weighted by molar-refractivity contribution is 6.00. The molecule has 0 bridgehead atoms. The van der Waals surface area contributed by atoms with Gasteiger partial charge in [0, 0.05) is 30.4 Å². The number of carbonyl (C=O) groups excluding carboxylic acids is 4. The molecule has 50 heavy (non-hydrogen) atoms. The van der Waals surface area contributed by atoms with Crippen LogP contribution in [0, 0.1) is 5.92 Å². The number of carbonyl (C=O) groups is 4. The first-order chi connectivity index (χ1) is 23.9. The number of likely N-dealkylation sites (tertiary alicyclic amines) is 1. The van der Waals surface area contributed by atoms with Gasteiger partial charge in [-0.1, -0.05) is 96.6 Å². The zero-order valence-corrected chi connectivity index (χ0v) is 30.3. The topological polar surface area (TPSA) is 223 Å². The van der Waals surface area contributed by atoms with Crippen molar-refractivity contribution in [2.24, 2.45) is 29.0 Å². The lowest BCUT2D eigenvalue weighted by Gasteiger charge is -2.30. The third-order valence-corrected chi connectivity index (χ3v) is 8.94. The van der Waals surface area contributed by atoms with Gasteiger partial charge in [0.2, 0.25) is 17.7 Å². The summed E-state index contributed by atoms with van der Waals surface area (Å²) in [6.07, 6.45) is 8.35. The SMILES string of the molecule is CC(C)/C(=C/N)N(N)C1CC(C(=O)NC(CCCCN)C(O)C(N)=O)N(C(=O)CNC(=O)c2ccc3ccccc3c2)C1.CCCCCCC. The number of unbranched alkanes of at least 4 members (excludes halogenated alkanes) is 5. The van der Waals surface area contributed by atoms with E-state index in [9.17, 15) is 24.3 Å². The predicted octanol–water partition coefficient (Wildman–Crippen LogP) is 2.61. The number of hydrogen-bond donors (Lipinski definition) is 7. The van der Waals surface area contributed by atoms with Crippen LogP contribution in [0.3, 0.4) is 0 Å². The summed E-state index contributed by atoms with van der Waals surface area (Å²) in [6.45, 7) is 8.45. The molecule has 0 aromatic heterocycles. The lowest BCUT2D eigenvalue weighted by atomic mass is 10.0. The highest BCUT2D eigenvalue weighted by Gasteiger charge is 2.43. The van der Waals surface area contributed by atoms with Crippen LogP contribution in [0.5, 0.6) is 0 Å². The molecule has 278 valence electrons. The number of benzene rings is 2. The second kappa shape index (κ2) is 21.8. The van der Waals surface area contributed by atoms with Crippen LogP contribution in [0.15, 0.2) is 54.4 Å². The molecule has 0 radical (unpaired) electrons. The number of hydrazine groups is 1. The molecule has 11 N–H and O–H groups in total. The predicted molar refractivity (Wildman–Crippen MR) is 198 cm³/mol. The molecule has 1 heterocycles. The van der Waals surface area contributed by atoms with Gasteiger partial charge in [0.25, 0.3) is 5.91 Å². The number of nitrogens with two attached hydrogens (primary N) is 4. The van der Waals surface area contributed by atoms with Gasteiger partial charge in [-0.05, 0) is 48.2 Å². The van der Waals surface area contributed by atoms with Crippen LogP contribution in [-0.4, -0.2) is 82.5 Å². The summed E-state index contributed by atoms with van der Waals surface area (Å²) in [5.74, 6) is 3.90. The van der Waals surface area contributed by atoms with Gasteiger partial charge in [-0.15, -0.1) is 0 Å². The summed E-state index contributed by atoms with van der Waals surface area (Å²) in [7, 11) is 0. The van der Waals surface area contributed by atoms with Gasteiger partial charge in [0.15, 0.2) is 6.10 Å². The molecule has 13 heteroatoms. The molecule has 13 nitrogen and oxygen atoms in total. The number of nitrogens with one attached hydrogen (secondary N) is 2. The molecular weight excluding hydrogens is 636 g/mol. The molecule has 1 fully saturated rings. The Morgan fingerprint density at radius 3 is 2.24 bits per heavy atom. The largest absolute Gasteiger partial charge is 0.403 e. The minimum Gasteiger partial charge on any atom is -0.403 e. The highest BCUT2D eigenvalue weighted by Crippen LogP contribution is 2.26. The Labute approximate surface area is 297 Å². The van der Waals surface area contributed by atoms with Crippen LogP contribution in [-0.2, 0) is 14.4 Å². The minimum absolute atomic E-state index is 0.0223. The smallest absolute Gasteiger partial charge is 0.251 e. The minimum atomic E-state index is -1.62. The van der Waals surface area contributed by atoms with E-state index in [0.717, 1.165) is 10.8 Å². The van der Waals surface area contributed by atoms with Crippen molar-refractivity contribution in [3.05, 3.63) is 59.9 Å². The number of hydrogen-bond acceptors (Lipinski definition) is 9. The monoisotopic (exact) mass is 696 g/mol. The maximum Gasteiger partial charge on any atom is 0.251 e. The molecule has 0 saturated carbocycles. The van der Waals surface area contributed by atoms with Crippen molar-refractivity contribution in [2.75, 3.05) is 19.6 Å². The highest BCUT2D eigenvalue weighted by atomic mass is 16.3. The van der Waals surface area contributed by atoms with Gasteiger partial charge >= 0.3 is 0 Å². The molecule has 3 rings (SSSR count). The zero-order chi connectivity index (χ0) is 37.2. The van der Waals surface area contributed by atoms with Crippen LogP contribution in [0.2, 0.25) is 0 Å². The Balaban J connectivity index is 0.00000112. The van der Waals surface area contributed by atoms with E-state index in [1.165, 1.54) is 48.2 Å². The Bertz CT molecular complexity index is 1410. The zero-order valence-electron chi connectivity index (χ0n) is 30.3. The number of aliphatic hydroxyl groups is 1. The molecule has 1 aliphatic rings. The van der Waals surface area contributed by atoms with Crippen molar-refractivity contribution in [3.63, 3.8) is 0 Å². The van der Waals surface area contributed by atoms with Crippen molar-refractivity contribution < 1.29 is 24.3 Å². The van der Waals surface area contributed by atoms with Crippen molar-refractivity contribution in [1.82, 2.24) is 20.5 Å². The maximum absolute atomic E-state index is 13.6. The van der Waals surface area contributed by atoms with Crippen LogP contribution < -0.4 is 33.7 Å². The molecular formula is C37H60N8O5. The van der Waals surface area contributed by atoms with E-state index >= 15 is 0 Å². The number of rotatable bonds is 18. The molecule has 2 aromatic rings. The van der Waals surface area contributed by atoms with E-state index in [4.69, 9.17) is 23.0 Å². The van der Waals surface area contributed by atoms with Crippen LogP contribution in [0.1, 0.15) is 95.8 Å². The van der Waals surface area contributed by atoms with Crippen molar-refractivity contribution in [1.29, 1.82) is 0 Å². The summed E-state index contributed by atoms with van der Waals surface area (Å²) in [5, 5.41) is 19.1. The van der Waals surface area contributed by atoms with E-state index in [2.05, 4.69) is 24.5 Å². The number of nitrogens with zero attached hydrogens (tertiary/aromatic N) is 2. The van der Waals surface area contributed by atoms with Gasteiger partial charge < -0.3 is 42.8 Å². The van der Waals surface area contributed by atoms with Gasteiger partial charge in [-0.3, -0.25) is 19.2 Å². The molecule has 1 saturated heterocycles. The number of aliphatic hydroxyl groups excluding tert-OH is 1. The fourth-order valence-corrected chi connectivity index (χ4v) is 5.99. The fourth-order valence-electron chi connectivity index (χ4n) is 5.99. The third kappa shape index (κ3) is 12.6. The second-order valence-corrected chi connectivity index (χ2v) is 13.2. The molecule has 0 aliphatic carbocycles. The number of primary amides is 1. The number of amides is 4. The van der Waals surface area contributed by atoms with Crippen LogP contribution in [0.4, 0.5) is 0 Å². The van der Waals surface area contributed by atoms with E-state index in [-0.39, 0.29) is 31.8 Å². The Morgan fingerprint density at radius 1 is 1.00 bits per heavy atom. The lowest BCUT2D eigenvalue weighted by molar-refractivity contribution is -0.139. The van der Waals surface area contributed by atoms with Crippen molar-refractivity contribution in [3.8, 4) is 0 Å². The Hall–Kier alpha value is -4.20. The maximum atomic E-state index is 13.6. The Kier molecular flexibility index (Phi) is 18.3. The second-order valence-electron chi connectivity index (χ2n) is 13.2. The molecule has 4 atom stereocenters. The quantitative estimate of drug-likeness (QED) is 0.0690. The first kappa shape index (κ1) is 42.0. The van der Waals surface area contributed by atoms with E-state index in [1.54, 1.807) is 12.1 Å². The summed E-state index contributed by atoms with van der Waals surface area (Å²) in [4.78, 5) is 53.1. The van der Waals surface area contributed by atoms with Gasteiger partial charge in [-0.2, -0.15) is 0 Å². The summed E-state index contributed by atoms with van der Waals surface area (Å²) in [5.41, 5.74) is 17.7. The molecule has 2 aromatic carbocycles. The summed E-state index contributed by atoms with van der Waals surface area (Å²) >= 11 is 0. The van der Waals surface area contributed by atoms with Crippen molar-refractivity contribution in [2.45, 2.75) is 110 Å². The first-order valence-corrected chi connectivity index (χ1v) is 17.9. The average molecular weight is 697 g/mol. The van der Waals surface area contributed by atoms with Crippen LogP contribution in [0.25, 0.3) is 10.8 Å². The number of fused-ring (bicyclic) bond motifs is 1. The molecule has 0 spiro atoms. The molecule has 1 aliphatic heterocycles. The normalized spacial score (nSPS) is 17.1. The van der Waals surface area contributed by atoms with Crippen LogP contribution >= 0.6 is 0 Å². The molecule has 4 amide bonds. The van der Waals surface area contributed by atoms with E-state index in [0.29, 0.717) is 30.6 Å². The third-order valence-electron chi connectivity index (χ3n) is 8.94.